The Hall–Kier alpha value is -0.750. The second-order valence-corrected chi connectivity index (χ2v) is 7.97. The smallest absolute Gasteiger partial charge is 0.248 e. The highest BCUT2D eigenvalue weighted by molar-refractivity contribution is 9.25. The van der Waals surface area contributed by atoms with Crippen molar-refractivity contribution in [2.45, 2.75) is 16.6 Å². The van der Waals surface area contributed by atoms with E-state index in [1.807, 2.05) is 19.1 Å². The molecule has 0 aromatic carbocycles. The van der Waals surface area contributed by atoms with Crippen LogP contribution in [0.25, 0.3) is 0 Å². The highest BCUT2D eigenvalue weighted by Gasteiger charge is 2.66. The molecular formula is C11H11Br2N3O. The van der Waals surface area contributed by atoms with E-state index in [1.54, 1.807) is 18.6 Å². The quantitative estimate of drug-likeness (QED) is 0.511. The number of alkyl halides is 2. The van der Waals surface area contributed by atoms with Crippen LogP contribution in [0, 0.1) is 5.41 Å². The zero-order valence-corrected chi connectivity index (χ0v) is 12.3. The van der Waals surface area contributed by atoms with Crippen LogP contribution in [0.4, 0.5) is 0 Å². The number of carbonyl (C=O) groups is 1. The molecule has 17 heavy (non-hydrogen) atoms. The van der Waals surface area contributed by atoms with Crippen LogP contribution < -0.4 is 5.43 Å². The SMILES string of the molecule is C[C@]1(C(=O)N/N=C\c2cccnc2)CC1(Br)Br. The topological polar surface area (TPSA) is 54.4 Å². The third-order valence-corrected chi connectivity index (χ3v) is 5.13. The van der Waals surface area contributed by atoms with Crippen LogP contribution >= 0.6 is 31.9 Å². The van der Waals surface area contributed by atoms with E-state index in [2.05, 4.69) is 47.4 Å². The number of amides is 1. The van der Waals surface area contributed by atoms with Crippen molar-refractivity contribution in [1.82, 2.24) is 10.4 Å². The Morgan fingerprint density at radius 1 is 1.65 bits per heavy atom. The molecule has 1 saturated carbocycles. The van der Waals surface area contributed by atoms with E-state index in [-0.39, 0.29) is 9.14 Å². The minimum absolute atomic E-state index is 0.105. The van der Waals surface area contributed by atoms with Crippen molar-refractivity contribution in [2.24, 2.45) is 10.5 Å². The van der Waals surface area contributed by atoms with E-state index in [0.717, 1.165) is 12.0 Å². The lowest BCUT2D eigenvalue weighted by Crippen LogP contribution is -2.29. The molecule has 1 aromatic heterocycles. The summed E-state index contributed by atoms with van der Waals surface area (Å²) < 4.78 is -0.291. The van der Waals surface area contributed by atoms with Crippen LogP contribution in [0.5, 0.6) is 0 Å². The summed E-state index contributed by atoms with van der Waals surface area (Å²) in [5.74, 6) is -0.105. The van der Waals surface area contributed by atoms with E-state index in [1.165, 1.54) is 0 Å². The molecule has 0 unspecified atom stereocenters. The molecule has 1 aromatic rings. The zero-order valence-electron chi connectivity index (χ0n) is 9.15. The van der Waals surface area contributed by atoms with Gasteiger partial charge in [-0.3, -0.25) is 9.78 Å². The van der Waals surface area contributed by atoms with Gasteiger partial charge in [0.15, 0.2) is 0 Å². The van der Waals surface area contributed by atoms with Gasteiger partial charge in [0.05, 0.1) is 14.9 Å². The molecule has 0 saturated heterocycles. The molecule has 90 valence electrons. The number of pyridine rings is 1. The second kappa shape index (κ2) is 4.49. The maximum atomic E-state index is 11.8. The number of hydrogen-bond acceptors (Lipinski definition) is 3. The van der Waals surface area contributed by atoms with Crippen LogP contribution in [-0.2, 0) is 4.79 Å². The molecule has 1 fully saturated rings. The summed E-state index contributed by atoms with van der Waals surface area (Å²) in [4.78, 5) is 15.8. The molecule has 1 amide bonds. The van der Waals surface area contributed by atoms with Gasteiger partial charge in [0.25, 0.3) is 0 Å². The molecular weight excluding hydrogens is 350 g/mol. The number of carbonyl (C=O) groups excluding carboxylic acids is 1. The summed E-state index contributed by atoms with van der Waals surface area (Å²) in [7, 11) is 0. The largest absolute Gasteiger partial charge is 0.272 e. The molecule has 0 bridgehead atoms. The predicted octanol–water partition coefficient (Wildman–Crippen LogP) is 2.43. The zero-order chi connectivity index (χ0) is 12.5. The predicted molar refractivity (Wildman–Crippen MR) is 73.3 cm³/mol. The maximum Gasteiger partial charge on any atom is 0.248 e. The van der Waals surface area contributed by atoms with E-state index in [9.17, 15) is 4.79 Å². The maximum absolute atomic E-state index is 11.8. The molecule has 1 aliphatic rings. The van der Waals surface area contributed by atoms with E-state index < -0.39 is 5.41 Å². The molecule has 0 spiro atoms. The normalized spacial score (nSPS) is 25.8. The number of hydrazone groups is 1. The first-order valence-electron chi connectivity index (χ1n) is 5.07. The Balaban J connectivity index is 1.92. The third-order valence-electron chi connectivity index (χ3n) is 2.82. The Bertz CT molecular complexity index is 461. The van der Waals surface area contributed by atoms with Gasteiger partial charge in [0, 0.05) is 18.0 Å². The van der Waals surface area contributed by atoms with Crippen molar-refractivity contribution in [1.29, 1.82) is 0 Å². The average molecular weight is 361 g/mol. The minimum Gasteiger partial charge on any atom is -0.272 e. The number of hydrogen-bond donors (Lipinski definition) is 1. The first kappa shape index (κ1) is 12.7. The van der Waals surface area contributed by atoms with Gasteiger partial charge in [-0.25, -0.2) is 5.43 Å². The number of nitrogens with zero attached hydrogens (tertiary/aromatic N) is 2. The van der Waals surface area contributed by atoms with E-state index in [0.29, 0.717) is 0 Å². The molecule has 1 atom stereocenters. The fourth-order valence-corrected chi connectivity index (χ4v) is 2.87. The Morgan fingerprint density at radius 3 is 2.88 bits per heavy atom. The number of aromatic nitrogens is 1. The Morgan fingerprint density at radius 2 is 2.35 bits per heavy atom. The Labute approximate surface area is 116 Å². The van der Waals surface area contributed by atoms with Crippen molar-refractivity contribution in [3.63, 3.8) is 0 Å². The molecule has 4 nitrogen and oxygen atoms in total. The van der Waals surface area contributed by atoms with Crippen molar-refractivity contribution in [3.05, 3.63) is 30.1 Å². The molecule has 1 heterocycles. The summed E-state index contributed by atoms with van der Waals surface area (Å²) in [6.07, 6.45) is 5.67. The van der Waals surface area contributed by atoms with Gasteiger partial charge < -0.3 is 0 Å². The fourth-order valence-electron chi connectivity index (χ4n) is 1.39. The fraction of sp³-hybridized carbons (Fsp3) is 0.364. The summed E-state index contributed by atoms with van der Waals surface area (Å²) >= 11 is 6.88. The lowest BCUT2D eigenvalue weighted by Gasteiger charge is -2.09. The molecule has 2 rings (SSSR count). The molecule has 0 aliphatic heterocycles. The lowest BCUT2D eigenvalue weighted by molar-refractivity contribution is -0.125. The van der Waals surface area contributed by atoms with Gasteiger partial charge in [-0.2, -0.15) is 5.10 Å². The molecule has 0 radical (unpaired) electrons. The van der Waals surface area contributed by atoms with Gasteiger partial charge in [0.2, 0.25) is 5.91 Å². The van der Waals surface area contributed by atoms with Crippen molar-refractivity contribution >= 4 is 44.0 Å². The molecule has 1 aliphatic carbocycles. The summed E-state index contributed by atoms with van der Waals surface area (Å²) in [5, 5.41) is 3.91. The van der Waals surface area contributed by atoms with Gasteiger partial charge in [-0.05, 0) is 19.4 Å². The summed E-state index contributed by atoms with van der Waals surface area (Å²) in [5.41, 5.74) is 2.93. The van der Waals surface area contributed by atoms with E-state index >= 15 is 0 Å². The van der Waals surface area contributed by atoms with Crippen molar-refractivity contribution in [2.75, 3.05) is 0 Å². The average Bonchev–Trinajstić information content (AvgIpc) is 2.81. The lowest BCUT2D eigenvalue weighted by atomic mass is 10.1. The van der Waals surface area contributed by atoms with Crippen LogP contribution in [-0.4, -0.2) is 20.3 Å². The standard InChI is InChI=1S/C11H11Br2N3O/c1-10(7-11(10,12)13)9(17)16-15-6-8-3-2-4-14-5-8/h2-6H,7H2,1H3,(H,16,17)/b15-6-/t10-/m1/s1. The summed E-state index contributed by atoms with van der Waals surface area (Å²) in [6.45, 7) is 1.88. The second-order valence-electron chi connectivity index (χ2n) is 4.20. The van der Waals surface area contributed by atoms with Crippen LogP contribution in [0.2, 0.25) is 0 Å². The van der Waals surface area contributed by atoms with E-state index in [4.69, 9.17) is 0 Å². The van der Waals surface area contributed by atoms with Crippen LogP contribution in [0.15, 0.2) is 29.6 Å². The van der Waals surface area contributed by atoms with Gasteiger partial charge in [0.1, 0.15) is 0 Å². The number of halogens is 2. The first-order valence-corrected chi connectivity index (χ1v) is 6.66. The first-order chi connectivity index (χ1) is 7.96. The van der Waals surface area contributed by atoms with Gasteiger partial charge in [-0.1, -0.05) is 37.9 Å². The highest BCUT2D eigenvalue weighted by Crippen LogP contribution is 2.66. The monoisotopic (exact) mass is 359 g/mol. The number of rotatable bonds is 3. The molecule has 1 N–H and O–H groups in total. The minimum atomic E-state index is -0.445. The highest BCUT2D eigenvalue weighted by atomic mass is 79.9. The van der Waals surface area contributed by atoms with Crippen LogP contribution in [0.3, 0.4) is 0 Å². The summed E-state index contributed by atoms with van der Waals surface area (Å²) in [6, 6.07) is 3.67. The molecule has 6 heteroatoms. The van der Waals surface area contributed by atoms with Gasteiger partial charge >= 0.3 is 0 Å². The number of nitrogens with one attached hydrogen (secondary N) is 1. The van der Waals surface area contributed by atoms with Crippen molar-refractivity contribution < 1.29 is 4.79 Å². The Kier molecular flexibility index (Phi) is 3.36. The third kappa shape index (κ3) is 2.57. The van der Waals surface area contributed by atoms with Gasteiger partial charge in [-0.15, -0.1) is 0 Å². The van der Waals surface area contributed by atoms with Crippen molar-refractivity contribution in [3.8, 4) is 0 Å². The van der Waals surface area contributed by atoms with Crippen LogP contribution in [0.1, 0.15) is 18.9 Å².